The van der Waals surface area contributed by atoms with Gasteiger partial charge in [0.15, 0.2) is 5.78 Å². The second-order valence-corrected chi connectivity index (χ2v) is 13.8. The van der Waals surface area contributed by atoms with E-state index < -0.39 is 35.2 Å². The molecule has 1 atom stereocenters. The standard InChI is InChI=1S/C32H41BrN4O7/c1-8-9-10-21(27-34-20-12-11-19(43-14-13-33)15-22(20)37(27)29(40)41)35-28(39)26-18(2)25-23(16-32(6,7)17-24(25)38)36(26)30(42)44-31(3,4)5/h11-12,15,21H,8-10,13-14,16-17H2,1-7H3,(H,35,39)(H,40,41)/t21-/m0/s1. The van der Waals surface area contributed by atoms with Gasteiger partial charge in [0.2, 0.25) is 0 Å². The van der Waals surface area contributed by atoms with Crippen LogP contribution in [0, 0.1) is 12.3 Å². The number of halogens is 1. The maximum Gasteiger partial charge on any atom is 0.419 e. The molecular weight excluding hydrogens is 632 g/mol. The second-order valence-electron chi connectivity index (χ2n) is 13.0. The molecule has 2 heterocycles. The molecule has 1 aliphatic rings. The molecule has 1 amide bonds. The first-order chi connectivity index (χ1) is 20.6. The maximum atomic E-state index is 14.2. The van der Waals surface area contributed by atoms with Crippen molar-refractivity contribution in [1.82, 2.24) is 19.4 Å². The first kappa shape index (κ1) is 33.2. The molecule has 0 unspecified atom stereocenters. The fourth-order valence-electron chi connectivity index (χ4n) is 5.76. The normalized spacial score (nSPS) is 15.1. The molecule has 4 rings (SSSR count). The molecule has 2 N–H and O–H groups in total. The van der Waals surface area contributed by atoms with Gasteiger partial charge in [-0.25, -0.2) is 23.7 Å². The van der Waals surface area contributed by atoms with Crippen LogP contribution in [0.1, 0.15) is 111 Å². The van der Waals surface area contributed by atoms with Crippen molar-refractivity contribution in [1.29, 1.82) is 0 Å². The summed E-state index contributed by atoms with van der Waals surface area (Å²) in [6, 6.07) is 4.19. The molecule has 0 bridgehead atoms. The molecule has 3 aromatic rings. The molecular formula is C32H41BrN4O7. The lowest BCUT2D eigenvalue weighted by molar-refractivity contribution is 0.0518. The van der Waals surface area contributed by atoms with Gasteiger partial charge in [0.1, 0.15) is 22.9 Å². The van der Waals surface area contributed by atoms with Crippen molar-refractivity contribution in [3.05, 3.63) is 46.5 Å². The average Bonchev–Trinajstić information content (AvgIpc) is 3.43. The van der Waals surface area contributed by atoms with Crippen LogP contribution in [0.2, 0.25) is 0 Å². The minimum Gasteiger partial charge on any atom is -0.493 e. The third-order valence-corrected chi connectivity index (χ3v) is 7.84. The molecule has 12 heteroatoms. The van der Waals surface area contributed by atoms with Gasteiger partial charge < -0.3 is 19.9 Å². The number of rotatable bonds is 9. The molecule has 0 saturated carbocycles. The number of benzene rings is 1. The third kappa shape index (κ3) is 6.85. The van der Waals surface area contributed by atoms with Crippen LogP contribution < -0.4 is 10.1 Å². The summed E-state index contributed by atoms with van der Waals surface area (Å²) in [5.74, 6) is -0.135. The number of unbranched alkanes of at least 4 members (excludes halogenated alkanes) is 1. The Kier molecular flexibility index (Phi) is 9.63. The van der Waals surface area contributed by atoms with Gasteiger partial charge in [-0.2, -0.15) is 0 Å². The Morgan fingerprint density at radius 3 is 2.50 bits per heavy atom. The molecule has 1 aromatic carbocycles. The number of hydrogen-bond donors (Lipinski definition) is 2. The molecule has 11 nitrogen and oxygen atoms in total. The minimum absolute atomic E-state index is 0.000226. The number of carbonyl (C=O) groups excluding carboxylic acids is 3. The monoisotopic (exact) mass is 672 g/mol. The molecule has 44 heavy (non-hydrogen) atoms. The van der Waals surface area contributed by atoms with Gasteiger partial charge in [0.05, 0.1) is 23.7 Å². The van der Waals surface area contributed by atoms with E-state index in [9.17, 15) is 24.3 Å². The van der Waals surface area contributed by atoms with Gasteiger partial charge >= 0.3 is 12.2 Å². The Balaban J connectivity index is 1.84. The van der Waals surface area contributed by atoms with Crippen molar-refractivity contribution >= 4 is 50.8 Å². The quantitative estimate of drug-likeness (QED) is 0.230. The number of hydrogen-bond acceptors (Lipinski definition) is 7. The summed E-state index contributed by atoms with van der Waals surface area (Å²) in [5.41, 5.74) is 0.680. The van der Waals surface area contributed by atoms with Crippen LogP contribution in [0.15, 0.2) is 18.2 Å². The Bertz CT molecular complexity index is 1610. The predicted molar refractivity (Wildman–Crippen MR) is 169 cm³/mol. The number of alkyl halides is 1. The van der Waals surface area contributed by atoms with Crippen LogP contribution in [-0.4, -0.2) is 60.6 Å². The van der Waals surface area contributed by atoms with E-state index in [1.165, 1.54) is 4.57 Å². The zero-order valence-electron chi connectivity index (χ0n) is 26.4. The highest BCUT2D eigenvalue weighted by Gasteiger charge is 2.41. The van der Waals surface area contributed by atoms with Crippen LogP contribution in [-0.2, 0) is 11.2 Å². The average molecular weight is 674 g/mol. The SMILES string of the molecule is CCCC[C@H](NC(=O)c1c(C)c2c(n1C(=O)OC(C)(C)C)CC(C)(C)CC2=O)c1nc2ccc(OCCBr)cc2n1C(=O)O. The third-order valence-electron chi connectivity index (χ3n) is 7.52. The van der Waals surface area contributed by atoms with Gasteiger partial charge in [0.25, 0.3) is 5.91 Å². The van der Waals surface area contributed by atoms with Crippen LogP contribution in [0.5, 0.6) is 5.75 Å². The van der Waals surface area contributed by atoms with Crippen molar-refractivity contribution in [3.63, 3.8) is 0 Å². The van der Waals surface area contributed by atoms with Gasteiger partial charge in [-0.3, -0.25) is 9.59 Å². The summed E-state index contributed by atoms with van der Waals surface area (Å²) in [6.07, 6.45) is 0.517. The van der Waals surface area contributed by atoms with Crippen molar-refractivity contribution in [2.45, 2.75) is 92.2 Å². The zero-order chi connectivity index (χ0) is 32.6. The van der Waals surface area contributed by atoms with Crippen LogP contribution in [0.3, 0.4) is 0 Å². The number of imidazole rings is 1. The molecule has 0 fully saturated rings. The van der Waals surface area contributed by atoms with Gasteiger partial charge in [-0.1, -0.05) is 49.5 Å². The number of carboxylic acid groups (broad SMARTS) is 1. The highest BCUT2D eigenvalue weighted by molar-refractivity contribution is 9.09. The number of nitrogens with one attached hydrogen (secondary N) is 1. The molecule has 0 radical (unpaired) electrons. The molecule has 0 saturated heterocycles. The Morgan fingerprint density at radius 1 is 1.18 bits per heavy atom. The summed E-state index contributed by atoms with van der Waals surface area (Å²) < 4.78 is 13.7. The second kappa shape index (κ2) is 12.7. The smallest absolute Gasteiger partial charge is 0.419 e. The summed E-state index contributed by atoms with van der Waals surface area (Å²) in [5, 5.41) is 13.8. The van der Waals surface area contributed by atoms with Crippen LogP contribution in [0.25, 0.3) is 11.0 Å². The van der Waals surface area contributed by atoms with Gasteiger partial charge in [-0.15, -0.1) is 0 Å². The number of carbonyl (C=O) groups is 4. The number of nitrogens with zero attached hydrogens (tertiary/aromatic N) is 3. The van der Waals surface area contributed by atoms with E-state index in [-0.39, 0.29) is 23.7 Å². The van der Waals surface area contributed by atoms with Crippen molar-refractivity contribution in [2.75, 3.05) is 11.9 Å². The van der Waals surface area contributed by atoms with Gasteiger partial charge in [-0.05, 0) is 63.6 Å². The number of aromatic nitrogens is 3. The van der Waals surface area contributed by atoms with Crippen LogP contribution in [0.4, 0.5) is 9.59 Å². The van der Waals surface area contributed by atoms with E-state index >= 15 is 0 Å². The van der Waals surface area contributed by atoms with E-state index in [2.05, 4.69) is 26.2 Å². The molecule has 0 spiro atoms. The zero-order valence-corrected chi connectivity index (χ0v) is 28.0. The summed E-state index contributed by atoms with van der Waals surface area (Å²) in [7, 11) is 0. The lowest BCUT2D eigenvalue weighted by Gasteiger charge is -2.30. The molecule has 2 aromatic heterocycles. The fraction of sp³-hybridized carbons (Fsp3) is 0.531. The predicted octanol–water partition coefficient (Wildman–Crippen LogP) is 7.05. The van der Waals surface area contributed by atoms with Crippen molar-refractivity contribution < 1.29 is 33.8 Å². The minimum atomic E-state index is -1.26. The largest absolute Gasteiger partial charge is 0.493 e. The molecule has 0 aliphatic heterocycles. The van der Waals surface area contributed by atoms with Crippen molar-refractivity contribution in [3.8, 4) is 5.75 Å². The van der Waals surface area contributed by atoms with E-state index in [0.717, 1.165) is 11.0 Å². The Labute approximate surface area is 265 Å². The number of ketones is 1. The van der Waals surface area contributed by atoms with Crippen molar-refractivity contribution in [2.24, 2.45) is 5.41 Å². The van der Waals surface area contributed by atoms with E-state index in [1.807, 2.05) is 20.8 Å². The number of Topliss-reactive ketones (excluding diaryl/α,β-unsaturated/α-hetero) is 1. The summed E-state index contributed by atoms with van der Waals surface area (Å²) >= 11 is 3.32. The molecule has 1 aliphatic carbocycles. The van der Waals surface area contributed by atoms with E-state index in [0.29, 0.717) is 64.8 Å². The maximum absolute atomic E-state index is 14.2. The highest BCUT2D eigenvalue weighted by Crippen LogP contribution is 2.39. The Morgan fingerprint density at radius 2 is 1.89 bits per heavy atom. The lowest BCUT2D eigenvalue weighted by Crippen LogP contribution is -2.36. The first-order valence-corrected chi connectivity index (χ1v) is 16.0. The number of ether oxygens (including phenoxy) is 2. The van der Waals surface area contributed by atoms with Gasteiger partial charge in [0, 0.05) is 29.1 Å². The Hall–Kier alpha value is -3.67. The summed E-state index contributed by atoms with van der Waals surface area (Å²) in [4.78, 5) is 58.4. The first-order valence-electron chi connectivity index (χ1n) is 14.8. The fourth-order valence-corrected chi connectivity index (χ4v) is 5.92. The highest BCUT2D eigenvalue weighted by atomic mass is 79.9. The lowest BCUT2D eigenvalue weighted by atomic mass is 9.75. The van der Waals surface area contributed by atoms with E-state index in [1.54, 1.807) is 45.9 Å². The topological polar surface area (TPSA) is 142 Å². The molecule has 238 valence electrons. The van der Waals surface area contributed by atoms with E-state index in [4.69, 9.17) is 9.47 Å². The number of amides is 1. The number of fused-ring (bicyclic) bond motifs is 2. The van der Waals surface area contributed by atoms with Crippen LogP contribution >= 0.6 is 15.9 Å². The summed E-state index contributed by atoms with van der Waals surface area (Å²) in [6.45, 7) is 13.1.